The van der Waals surface area contributed by atoms with Gasteiger partial charge in [0.15, 0.2) is 0 Å². The second-order valence-corrected chi connectivity index (χ2v) is 8.56. The number of nitrogens with one attached hydrogen (secondary N) is 2. The molecule has 7 heteroatoms. The Hall–Kier alpha value is -2.67. The first-order valence-electron chi connectivity index (χ1n) is 10.5. The van der Waals surface area contributed by atoms with Crippen molar-refractivity contribution < 1.29 is 14.4 Å². The van der Waals surface area contributed by atoms with Crippen LogP contribution in [0.25, 0.3) is 0 Å². The maximum Gasteiger partial charge on any atom is 0.262 e. The maximum absolute atomic E-state index is 13.4. The number of piperidine rings is 1. The average Bonchev–Trinajstić information content (AvgIpc) is 3.32. The number of hydrogen-bond donors (Lipinski definition) is 2. The molecular weight excluding hydrogens is 398 g/mol. The lowest BCUT2D eigenvalue weighted by atomic mass is 9.95. The van der Waals surface area contributed by atoms with E-state index in [0.29, 0.717) is 30.9 Å². The Morgan fingerprint density at radius 2 is 1.97 bits per heavy atom. The van der Waals surface area contributed by atoms with Gasteiger partial charge in [-0.15, -0.1) is 11.3 Å². The second kappa shape index (κ2) is 10.9. The summed E-state index contributed by atoms with van der Waals surface area (Å²) in [6.07, 6.45) is 2.87. The van der Waals surface area contributed by atoms with Crippen LogP contribution in [0.15, 0.2) is 47.8 Å². The molecule has 1 aromatic carbocycles. The summed E-state index contributed by atoms with van der Waals surface area (Å²) >= 11 is 1.35. The highest BCUT2D eigenvalue weighted by molar-refractivity contribution is 7.12. The zero-order chi connectivity index (χ0) is 21.3. The van der Waals surface area contributed by atoms with Crippen molar-refractivity contribution in [2.45, 2.75) is 38.6 Å². The van der Waals surface area contributed by atoms with Crippen LogP contribution in [0.2, 0.25) is 0 Å². The Morgan fingerprint density at radius 3 is 2.67 bits per heavy atom. The number of rotatable bonds is 8. The van der Waals surface area contributed by atoms with Gasteiger partial charge >= 0.3 is 0 Å². The number of hydrogen-bond acceptors (Lipinski definition) is 4. The van der Waals surface area contributed by atoms with Gasteiger partial charge in [-0.25, -0.2) is 0 Å². The van der Waals surface area contributed by atoms with E-state index in [4.69, 9.17) is 0 Å². The smallest absolute Gasteiger partial charge is 0.262 e. The van der Waals surface area contributed by atoms with Gasteiger partial charge in [-0.1, -0.05) is 43.3 Å². The zero-order valence-electron chi connectivity index (χ0n) is 17.3. The molecule has 2 heterocycles. The van der Waals surface area contributed by atoms with E-state index in [0.717, 1.165) is 24.8 Å². The monoisotopic (exact) mass is 427 g/mol. The van der Waals surface area contributed by atoms with Crippen LogP contribution in [-0.2, 0) is 16.0 Å². The van der Waals surface area contributed by atoms with Crippen molar-refractivity contribution in [3.63, 3.8) is 0 Å². The lowest BCUT2D eigenvalue weighted by Gasteiger charge is -2.34. The summed E-state index contributed by atoms with van der Waals surface area (Å²) < 4.78 is 0. The molecule has 1 fully saturated rings. The third-order valence-corrected chi connectivity index (χ3v) is 6.15. The van der Waals surface area contributed by atoms with Gasteiger partial charge in [0.25, 0.3) is 5.91 Å². The molecule has 0 aliphatic carbocycles. The maximum atomic E-state index is 13.4. The summed E-state index contributed by atoms with van der Waals surface area (Å²) in [5.74, 6) is -0.554. The summed E-state index contributed by atoms with van der Waals surface area (Å²) in [5, 5.41) is 7.70. The minimum atomic E-state index is -0.667. The van der Waals surface area contributed by atoms with Crippen molar-refractivity contribution in [1.82, 2.24) is 15.5 Å². The number of benzene rings is 1. The first-order valence-corrected chi connectivity index (χ1v) is 11.4. The molecule has 160 valence electrons. The van der Waals surface area contributed by atoms with E-state index in [-0.39, 0.29) is 23.6 Å². The molecule has 0 bridgehead atoms. The van der Waals surface area contributed by atoms with Crippen LogP contribution in [0.4, 0.5) is 0 Å². The number of likely N-dealkylation sites (tertiary alicyclic amines) is 1. The first-order chi connectivity index (χ1) is 14.6. The molecule has 3 rings (SSSR count). The molecule has 0 saturated carbocycles. The van der Waals surface area contributed by atoms with Gasteiger partial charge in [0.1, 0.15) is 6.04 Å². The molecular formula is C23H29N3O3S. The molecule has 30 heavy (non-hydrogen) atoms. The topological polar surface area (TPSA) is 78.5 Å². The van der Waals surface area contributed by atoms with Crippen LogP contribution in [0.3, 0.4) is 0 Å². The standard InChI is InChI=1S/C23H29N3O3S/c1-2-12-24-21(27)18-10-6-13-26(16-18)23(29)19(15-17-8-4-3-5-9-17)25-22(28)20-11-7-14-30-20/h3-5,7-9,11,14,18-19H,2,6,10,12-13,15-16H2,1H3,(H,24,27)(H,25,28). The van der Waals surface area contributed by atoms with E-state index >= 15 is 0 Å². The van der Waals surface area contributed by atoms with Gasteiger partial charge in [-0.3, -0.25) is 14.4 Å². The van der Waals surface area contributed by atoms with Crippen LogP contribution in [-0.4, -0.2) is 48.3 Å². The van der Waals surface area contributed by atoms with E-state index < -0.39 is 6.04 Å². The number of carbonyl (C=O) groups excluding carboxylic acids is 3. The van der Waals surface area contributed by atoms with Gasteiger partial charge in [-0.2, -0.15) is 0 Å². The van der Waals surface area contributed by atoms with Crippen molar-refractivity contribution in [2.75, 3.05) is 19.6 Å². The Balaban J connectivity index is 1.71. The SMILES string of the molecule is CCCNC(=O)C1CCCN(C(=O)C(Cc2ccccc2)NC(=O)c2cccs2)C1. The van der Waals surface area contributed by atoms with E-state index in [1.54, 1.807) is 11.0 Å². The summed E-state index contributed by atoms with van der Waals surface area (Å²) in [6, 6.07) is 12.6. The van der Waals surface area contributed by atoms with E-state index in [1.807, 2.05) is 48.7 Å². The number of nitrogens with zero attached hydrogens (tertiary/aromatic N) is 1. The predicted molar refractivity (Wildman–Crippen MR) is 118 cm³/mol. The number of thiophene rings is 1. The van der Waals surface area contributed by atoms with E-state index in [1.165, 1.54) is 11.3 Å². The summed E-state index contributed by atoms with van der Waals surface area (Å²) in [4.78, 5) is 40.7. The highest BCUT2D eigenvalue weighted by Crippen LogP contribution is 2.19. The second-order valence-electron chi connectivity index (χ2n) is 7.61. The molecule has 1 aliphatic rings. The van der Waals surface area contributed by atoms with Crippen LogP contribution in [0, 0.1) is 5.92 Å². The summed E-state index contributed by atoms with van der Waals surface area (Å²) in [6.45, 7) is 3.67. The molecule has 2 aromatic rings. The van der Waals surface area contributed by atoms with Crippen molar-refractivity contribution in [3.05, 3.63) is 58.3 Å². The molecule has 0 radical (unpaired) electrons. The van der Waals surface area contributed by atoms with Gasteiger partial charge in [-0.05, 0) is 36.3 Å². The van der Waals surface area contributed by atoms with Crippen molar-refractivity contribution in [3.8, 4) is 0 Å². The van der Waals surface area contributed by atoms with Gasteiger partial charge in [0, 0.05) is 26.1 Å². The Kier molecular flexibility index (Phi) is 8.02. The summed E-state index contributed by atoms with van der Waals surface area (Å²) in [5.41, 5.74) is 0.983. The fraction of sp³-hybridized carbons (Fsp3) is 0.435. The largest absolute Gasteiger partial charge is 0.356 e. The fourth-order valence-electron chi connectivity index (χ4n) is 3.69. The van der Waals surface area contributed by atoms with Crippen LogP contribution >= 0.6 is 11.3 Å². The highest BCUT2D eigenvalue weighted by atomic mass is 32.1. The van der Waals surface area contributed by atoms with Gasteiger partial charge < -0.3 is 15.5 Å². The molecule has 1 saturated heterocycles. The fourth-order valence-corrected chi connectivity index (χ4v) is 4.32. The highest BCUT2D eigenvalue weighted by Gasteiger charge is 2.32. The third-order valence-electron chi connectivity index (χ3n) is 5.28. The average molecular weight is 428 g/mol. The van der Waals surface area contributed by atoms with Gasteiger partial charge in [0.2, 0.25) is 11.8 Å². The molecule has 6 nitrogen and oxygen atoms in total. The minimum absolute atomic E-state index is 0.0107. The van der Waals surface area contributed by atoms with Crippen molar-refractivity contribution >= 4 is 29.1 Å². The number of carbonyl (C=O) groups is 3. The summed E-state index contributed by atoms with van der Waals surface area (Å²) in [7, 11) is 0. The predicted octanol–water partition coefficient (Wildman–Crippen LogP) is 2.85. The van der Waals surface area contributed by atoms with Crippen molar-refractivity contribution in [1.29, 1.82) is 0 Å². The number of amides is 3. The minimum Gasteiger partial charge on any atom is -0.356 e. The lowest BCUT2D eigenvalue weighted by molar-refractivity contribution is -0.137. The lowest BCUT2D eigenvalue weighted by Crippen LogP contribution is -2.53. The van der Waals surface area contributed by atoms with E-state index in [2.05, 4.69) is 10.6 Å². The van der Waals surface area contributed by atoms with Crippen molar-refractivity contribution in [2.24, 2.45) is 5.92 Å². The quantitative estimate of drug-likeness (QED) is 0.680. The first kappa shape index (κ1) is 22.0. The molecule has 3 amide bonds. The Bertz CT molecular complexity index is 839. The normalized spacial score (nSPS) is 17.2. The van der Waals surface area contributed by atoms with Crippen LogP contribution in [0.5, 0.6) is 0 Å². The molecule has 2 atom stereocenters. The van der Waals surface area contributed by atoms with E-state index in [9.17, 15) is 14.4 Å². The molecule has 1 aromatic heterocycles. The Morgan fingerprint density at radius 1 is 1.17 bits per heavy atom. The third kappa shape index (κ3) is 5.92. The molecule has 2 unspecified atom stereocenters. The molecule has 2 N–H and O–H groups in total. The molecule has 0 spiro atoms. The molecule has 1 aliphatic heterocycles. The van der Waals surface area contributed by atoms with Crippen LogP contribution in [0.1, 0.15) is 41.4 Å². The van der Waals surface area contributed by atoms with Crippen LogP contribution < -0.4 is 10.6 Å². The zero-order valence-corrected chi connectivity index (χ0v) is 18.1. The van der Waals surface area contributed by atoms with Gasteiger partial charge in [0.05, 0.1) is 10.8 Å². The Labute approximate surface area is 181 Å².